The van der Waals surface area contributed by atoms with E-state index in [0.29, 0.717) is 25.8 Å². The van der Waals surface area contributed by atoms with Crippen molar-refractivity contribution in [2.45, 2.75) is 36.0 Å². The Morgan fingerprint density at radius 2 is 1.29 bits per heavy atom. The second-order valence-corrected chi connectivity index (χ2v) is 12.4. The highest BCUT2D eigenvalue weighted by Gasteiger charge is 2.20. The van der Waals surface area contributed by atoms with Crippen molar-refractivity contribution in [2.24, 2.45) is 0 Å². The van der Waals surface area contributed by atoms with Crippen molar-refractivity contribution in [1.29, 1.82) is 0 Å². The minimum atomic E-state index is -3.60. The van der Waals surface area contributed by atoms with Gasteiger partial charge in [0.15, 0.2) is 0 Å². The molecule has 1 unspecified atom stereocenters. The smallest absolute Gasteiger partial charge is 0.206 e. The third-order valence-corrected chi connectivity index (χ3v) is 8.19. The summed E-state index contributed by atoms with van der Waals surface area (Å²) in [7, 11) is -1.61. The van der Waals surface area contributed by atoms with E-state index < -0.39 is 9.84 Å². The van der Waals surface area contributed by atoms with Crippen LogP contribution in [-0.4, -0.2) is 15.5 Å². The van der Waals surface area contributed by atoms with E-state index in [0.717, 1.165) is 16.2 Å². The third-order valence-electron chi connectivity index (χ3n) is 5.29. The molecule has 0 aliphatic rings. The molecular weight excluding hydrogens is 475 g/mol. The predicted octanol–water partition coefficient (Wildman–Crippen LogP) is 7.14. The van der Waals surface area contributed by atoms with Crippen LogP contribution in [0.5, 0.6) is 11.5 Å². The number of ether oxygens (including phenoxy) is 2. The molecule has 3 rings (SSSR count). The first-order chi connectivity index (χ1) is 16.5. The van der Waals surface area contributed by atoms with Gasteiger partial charge in [0.2, 0.25) is 9.84 Å². The van der Waals surface area contributed by atoms with Crippen LogP contribution in [0.15, 0.2) is 119 Å². The lowest BCUT2D eigenvalue weighted by Gasteiger charge is -2.19. The Morgan fingerprint density at radius 3 is 1.77 bits per heavy atom. The first-order valence-corrected chi connectivity index (χ1v) is 13.6. The second kappa shape index (κ2) is 11.1. The maximum Gasteiger partial charge on any atom is 0.206 e. The Hall–Kier alpha value is -3.14. The molecule has 0 saturated heterocycles. The van der Waals surface area contributed by atoms with Crippen molar-refractivity contribution in [2.75, 3.05) is 7.11 Å². The zero-order valence-corrected chi connectivity index (χ0v) is 22.4. The molecule has 0 aliphatic carbocycles. The third kappa shape index (κ3) is 7.17. The van der Waals surface area contributed by atoms with Crippen LogP contribution in [0.25, 0.3) is 0 Å². The zero-order valence-electron chi connectivity index (χ0n) is 20.5. The number of sulfone groups is 1. The minimum Gasteiger partial charge on any atom is -0.497 e. The molecule has 3 aromatic carbocycles. The highest BCUT2D eigenvalue weighted by atomic mass is 32.2. The molecule has 0 aliphatic heterocycles. The van der Waals surface area contributed by atoms with Crippen LogP contribution in [0.3, 0.4) is 0 Å². The van der Waals surface area contributed by atoms with Gasteiger partial charge in [-0.15, -0.1) is 0 Å². The summed E-state index contributed by atoms with van der Waals surface area (Å²) in [5.41, 5.74) is 1.05. The monoisotopic (exact) mass is 506 g/mol. The molecule has 0 fully saturated rings. The molecule has 182 valence electrons. The van der Waals surface area contributed by atoms with Gasteiger partial charge in [0.1, 0.15) is 17.3 Å². The highest BCUT2D eigenvalue weighted by molar-refractivity contribution is 7.91. The standard InChI is InChI=1S/C29H31O4PS/c1-21(32-6)7-8-22(2)34-26-15-11-24(12-16-26)33-25-13-19-28(20-14-25)35(30,31)27-17-9-23(10-18-27)29(3,4)5/h7-20,34H,1-2H2,3-6H3/b8-7-. The van der Waals surface area contributed by atoms with E-state index in [1.165, 1.54) is 0 Å². The quantitative estimate of drug-likeness (QED) is 0.176. The van der Waals surface area contributed by atoms with Gasteiger partial charge in [0.25, 0.3) is 0 Å². The van der Waals surface area contributed by atoms with Crippen LogP contribution < -0.4 is 10.0 Å². The molecule has 0 aromatic heterocycles. The second-order valence-electron chi connectivity index (χ2n) is 9.03. The van der Waals surface area contributed by atoms with Gasteiger partial charge in [-0.1, -0.05) is 72.9 Å². The SMILES string of the molecule is C=C(/C=C\C(=C)Pc1ccc(Oc2ccc(S(=O)(=O)c3ccc(C(C)(C)C)cc3)cc2)cc1)OC. The van der Waals surface area contributed by atoms with Gasteiger partial charge >= 0.3 is 0 Å². The van der Waals surface area contributed by atoms with Gasteiger partial charge in [-0.3, -0.25) is 0 Å². The Labute approximate surface area is 210 Å². The molecule has 0 radical (unpaired) electrons. The van der Waals surface area contributed by atoms with E-state index in [4.69, 9.17) is 9.47 Å². The Bertz CT molecular complexity index is 1310. The summed E-state index contributed by atoms with van der Waals surface area (Å²) >= 11 is 0. The largest absolute Gasteiger partial charge is 0.497 e. The maximum atomic E-state index is 13.0. The van der Waals surface area contributed by atoms with Gasteiger partial charge in [-0.05, 0) is 76.2 Å². The summed E-state index contributed by atoms with van der Waals surface area (Å²) in [6.45, 7) is 14.1. The van der Waals surface area contributed by atoms with Crippen molar-refractivity contribution >= 4 is 23.7 Å². The average molecular weight is 507 g/mol. The molecule has 0 heterocycles. The Morgan fingerprint density at radius 1 is 0.800 bits per heavy atom. The van der Waals surface area contributed by atoms with Crippen molar-refractivity contribution in [1.82, 2.24) is 0 Å². The summed E-state index contributed by atoms with van der Waals surface area (Å²) in [6.07, 6.45) is 3.68. The summed E-state index contributed by atoms with van der Waals surface area (Å²) in [5, 5.41) is 2.08. The van der Waals surface area contributed by atoms with Crippen molar-refractivity contribution < 1.29 is 17.9 Å². The van der Waals surface area contributed by atoms with E-state index >= 15 is 0 Å². The summed E-state index contributed by atoms with van der Waals surface area (Å²) < 4.78 is 37.0. The van der Waals surface area contributed by atoms with Crippen LogP contribution in [0.4, 0.5) is 0 Å². The van der Waals surface area contributed by atoms with Crippen molar-refractivity contribution in [3.05, 3.63) is 115 Å². The molecule has 0 bridgehead atoms. The molecule has 4 nitrogen and oxygen atoms in total. The van der Waals surface area contributed by atoms with E-state index in [1.807, 2.05) is 42.5 Å². The summed E-state index contributed by atoms with van der Waals surface area (Å²) in [4.78, 5) is 0.506. The van der Waals surface area contributed by atoms with Gasteiger partial charge in [-0.2, -0.15) is 0 Å². The molecule has 0 spiro atoms. The van der Waals surface area contributed by atoms with Crippen LogP contribution in [0.1, 0.15) is 26.3 Å². The molecule has 3 aromatic rings. The maximum absolute atomic E-state index is 13.0. The van der Waals surface area contributed by atoms with Gasteiger partial charge in [0, 0.05) is 0 Å². The van der Waals surface area contributed by atoms with Gasteiger partial charge < -0.3 is 9.47 Å². The topological polar surface area (TPSA) is 52.6 Å². The molecular formula is C29H31O4PS. The predicted molar refractivity (Wildman–Crippen MR) is 146 cm³/mol. The van der Waals surface area contributed by atoms with Crippen molar-refractivity contribution in [3.8, 4) is 11.5 Å². The average Bonchev–Trinajstić information content (AvgIpc) is 2.83. The summed E-state index contributed by atoms with van der Waals surface area (Å²) in [5.74, 6) is 1.81. The molecule has 35 heavy (non-hydrogen) atoms. The fourth-order valence-electron chi connectivity index (χ4n) is 3.19. The number of hydrogen-bond acceptors (Lipinski definition) is 4. The molecule has 0 amide bonds. The van der Waals surface area contributed by atoms with Crippen LogP contribution in [-0.2, 0) is 20.0 Å². The van der Waals surface area contributed by atoms with Gasteiger partial charge in [-0.25, -0.2) is 8.42 Å². The first kappa shape index (κ1) is 26.5. The lowest BCUT2D eigenvalue weighted by Crippen LogP contribution is -2.11. The number of methoxy groups -OCH3 is 1. The van der Waals surface area contributed by atoms with Crippen molar-refractivity contribution in [3.63, 3.8) is 0 Å². The number of allylic oxidation sites excluding steroid dienone is 3. The first-order valence-electron chi connectivity index (χ1n) is 11.1. The molecule has 0 saturated carbocycles. The van der Waals surface area contributed by atoms with E-state index in [1.54, 1.807) is 49.6 Å². The number of rotatable bonds is 9. The normalized spacial score (nSPS) is 12.2. The summed E-state index contributed by atoms with van der Waals surface area (Å²) in [6, 6.07) is 21.3. The van der Waals surface area contributed by atoms with Gasteiger partial charge in [0.05, 0.1) is 16.9 Å². The molecule has 1 atom stereocenters. The minimum absolute atomic E-state index is 0.0371. The van der Waals surface area contributed by atoms with E-state index in [-0.39, 0.29) is 15.2 Å². The highest BCUT2D eigenvalue weighted by Crippen LogP contribution is 2.29. The molecule has 0 N–H and O–H groups in total. The van der Waals surface area contributed by atoms with E-state index in [2.05, 4.69) is 33.9 Å². The molecule has 6 heteroatoms. The van der Waals surface area contributed by atoms with Crippen LogP contribution >= 0.6 is 8.58 Å². The lowest BCUT2D eigenvalue weighted by molar-refractivity contribution is 0.309. The van der Waals surface area contributed by atoms with Crippen LogP contribution in [0, 0.1) is 0 Å². The fourth-order valence-corrected chi connectivity index (χ4v) is 5.32. The van der Waals surface area contributed by atoms with E-state index in [9.17, 15) is 8.42 Å². The zero-order chi connectivity index (χ0) is 25.6. The Kier molecular flexibility index (Phi) is 8.37. The lowest BCUT2D eigenvalue weighted by atomic mass is 9.87. The van der Waals surface area contributed by atoms with Crippen LogP contribution in [0.2, 0.25) is 0 Å². The Balaban J connectivity index is 1.65. The number of benzene rings is 3. The fraction of sp³-hybridized carbons (Fsp3) is 0.172. The number of hydrogen-bond donors (Lipinski definition) is 0.